The van der Waals surface area contributed by atoms with Gasteiger partial charge in [-0.05, 0) is 56.4 Å². The largest absolute Gasteiger partial charge is 0.495 e. The van der Waals surface area contributed by atoms with E-state index in [2.05, 4.69) is 13.8 Å². The molecule has 0 spiro atoms. The van der Waals surface area contributed by atoms with Crippen LogP contribution in [-0.2, 0) is 9.53 Å². The zero-order chi connectivity index (χ0) is 13.5. The summed E-state index contributed by atoms with van der Waals surface area (Å²) in [5, 5.41) is 0. The fourth-order valence-electron chi connectivity index (χ4n) is 4.63. The molecule has 2 aliphatic carbocycles. The van der Waals surface area contributed by atoms with Crippen molar-refractivity contribution in [2.24, 2.45) is 11.3 Å². The van der Waals surface area contributed by atoms with Gasteiger partial charge in [0, 0.05) is 18.3 Å². The van der Waals surface area contributed by atoms with Crippen molar-refractivity contribution in [1.82, 2.24) is 0 Å². The first-order valence-corrected chi connectivity index (χ1v) is 8.13. The number of fused-ring (bicyclic) bond motifs is 2. The summed E-state index contributed by atoms with van der Waals surface area (Å²) in [5.41, 5.74) is 1.49. The van der Waals surface area contributed by atoms with Gasteiger partial charge < -0.3 is 4.74 Å². The zero-order valence-electron chi connectivity index (χ0n) is 12.3. The van der Waals surface area contributed by atoms with E-state index in [1.807, 2.05) is 0 Å². The van der Waals surface area contributed by atoms with Crippen LogP contribution in [-0.4, -0.2) is 11.9 Å². The number of hydrogen-bond acceptors (Lipinski definition) is 2. The molecular weight excluding hydrogens is 236 g/mol. The third-order valence-corrected chi connectivity index (χ3v) is 5.83. The maximum Gasteiger partial charge on any atom is 0.139 e. The molecule has 0 aromatic carbocycles. The standard InChI is InChI=1S/C17H26O2/c1-3-12-8-9-13-14-6-5-7-16(18)17(14,4-2)11-10-15(13)19-12/h12,14H,3-11H2,1-2H3/t12?,14-,17-/m0/s1. The molecule has 0 bridgehead atoms. The third-order valence-electron chi connectivity index (χ3n) is 5.83. The van der Waals surface area contributed by atoms with Gasteiger partial charge in [-0.2, -0.15) is 0 Å². The van der Waals surface area contributed by atoms with E-state index >= 15 is 0 Å². The maximum atomic E-state index is 12.5. The van der Waals surface area contributed by atoms with Crippen molar-refractivity contribution in [1.29, 1.82) is 0 Å². The highest BCUT2D eigenvalue weighted by atomic mass is 16.5. The van der Waals surface area contributed by atoms with Crippen LogP contribution in [0.3, 0.4) is 0 Å². The van der Waals surface area contributed by atoms with Gasteiger partial charge in [-0.25, -0.2) is 0 Å². The predicted octanol–water partition coefficient (Wildman–Crippen LogP) is 4.39. The van der Waals surface area contributed by atoms with E-state index in [-0.39, 0.29) is 5.41 Å². The van der Waals surface area contributed by atoms with E-state index in [0.717, 1.165) is 44.9 Å². The fraction of sp³-hybridized carbons (Fsp3) is 0.824. The molecule has 1 unspecified atom stereocenters. The molecule has 3 rings (SSSR count). The van der Waals surface area contributed by atoms with Crippen LogP contribution in [0.1, 0.15) is 71.6 Å². The lowest BCUT2D eigenvalue weighted by Crippen LogP contribution is -2.46. The number of hydrogen-bond donors (Lipinski definition) is 0. The van der Waals surface area contributed by atoms with Crippen LogP contribution in [0.2, 0.25) is 0 Å². The Hall–Kier alpha value is -0.790. The van der Waals surface area contributed by atoms with E-state index < -0.39 is 0 Å². The topological polar surface area (TPSA) is 26.3 Å². The average molecular weight is 262 g/mol. The molecule has 1 aliphatic heterocycles. The van der Waals surface area contributed by atoms with Gasteiger partial charge in [0.25, 0.3) is 0 Å². The molecule has 3 aliphatic rings. The predicted molar refractivity (Wildman–Crippen MR) is 75.7 cm³/mol. The Morgan fingerprint density at radius 2 is 2.05 bits per heavy atom. The van der Waals surface area contributed by atoms with Crippen molar-refractivity contribution in [3.05, 3.63) is 11.3 Å². The van der Waals surface area contributed by atoms with Gasteiger partial charge >= 0.3 is 0 Å². The number of Topliss-reactive ketones (excluding diaryl/α,β-unsaturated/α-hetero) is 1. The van der Waals surface area contributed by atoms with Crippen molar-refractivity contribution < 1.29 is 9.53 Å². The second-order valence-corrected chi connectivity index (χ2v) is 6.51. The maximum absolute atomic E-state index is 12.5. The molecule has 1 fully saturated rings. The summed E-state index contributed by atoms with van der Waals surface area (Å²) in [4.78, 5) is 12.5. The van der Waals surface area contributed by atoms with Crippen LogP contribution in [0, 0.1) is 11.3 Å². The van der Waals surface area contributed by atoms with Gasteiger partial charge in [0.05, 0.1) is 11.9 Å². The molecular formula is C17H26O2. The SMILES string of the molecule is CCC1CCC2=C(CC[C@]3(CC)C(=O)CCC[C@@H]23)O1. The number of ether oxygens (including phenoxy) is 1. The van der Waals surface area contributed by atoms with Crippen LogP contribution >= 0.6 is 0 Å². The average Bonchev–Trinajstić information content (AvgIpc) is 2.47. The molecule has 0 saturated heterocycles. The number of carbonyl (C=O) groups excluding carboxylic acids is 1. The lowest BCUT2D eigenvalue weighted by Gasteiger charge is -2.49. The van der Waals surface area contributed by atoms with Crippen LogP contribution in [0.5, 0.6) is 0 Å². The van der Waals surface area contributed by atoms with Gasteiger partial charge in [-0.15, -0.1) is 0 Å². The van der Waals surface area contributed by atoms with E-state index in [0.29, 0.717) is 17.8 Å². The highest BCUT2D eigenvalue weighted by Gasteiger charge is 2.50. The summed E-state index contributed by atoms with van der Waals surface area (Å²) < 4.78 is 6.18. The molecule has 1 heterocycles. The first kappa shape index (κ1) is 13.2. The Bertz CT molecular complexity index is 409. The Morgan fingerprint density at radius 3 is 2.79 bits per heavy atom. The Morgan fingerprint density at radius 1 is 1.21 bits per heavy atom. The quantitative estimate of drug-likeness (QED) is 0.737. The number of allylic oxidation sites excluding steroid dienone is 2. The molecule has 2 heteroatoms. The summed E-state index contributed by atoms with van der Waals surface area (Å²) in [7, 11) is 0. The number of rotatable bonds is 2. The van der Waals surface area contributed by atoms with Crippen molar-refractivity contribution >= 4 is 5.78 Å². The second kappa shape index (κ2) is 4.96. The van der Waals surface area contributed by atoms with Crippen LogP contribution in [0.25, 0.3) is 0 Å². The molecule has 0 N–H and O–H groups in total. The smallest absolute Gasteiger partial charge is 0.139 e. The van der Waals surface area contributed by atoms with Gasteiger partial charge in [0.2, 0.25) is 0 Å². The zero-order valence-corrected chi connectivity index (χ0v) is 12.3. The second-order valence-electron chi connectivity index (χ2n) is 6.51. The minimum atomic E-state index is -0.0283. The van der Waals surface area contributed by atoms with Crippen molar-refractivity contribution in [3.8, 4) is 0 Å². The normalized spacial score (nSPS) is 38.5. The molecule has 0 radical (unpaired) electrons. The van der Waals surface area contributed by atoms with E-state index in [1.54, 1.807) is 0 Å². The van der Waals surface area contributed by atoms with E-state index in [4.69, 9.17) is 4.74 Å². The molecule has 0 amide bonds. The summed E-state index contributed by atoms with van der Waals surface area (Å²) in [5.74, 6) is 2.30. The van der Waals surface area contributed by atoms with Crippen LogP contribution < -0.4 is 0 Å². The van der Waals surface area contributed by atoms with Crippen LogP contribution in [0.15, 0.2) is 11.3 Å². The van der Waals surface area contributed by atoms with Crippen LogP contribution in [0.4, 0.5) is 0 Å². The van der Waals surface area contributed by atoms with E-state index in [1.165, 1.54) is 24.2 Å². The third kappa shape index (κ3) is 1.95. The number of carbonyl (C=O) groups is 1. The minimum Gasteiger partial charge on any atom is -0.495 e. The summed E-state index contributed by atoms with van der Waals surface area (Å²) in [6.07, 6.45) is 10.0. The molecule has 3 atom stereocenters. The molecule has 19 heavy (non-hydrogen) atoms. The Kier molecular flexibility index (Phi) is 3.44. The van der Waals surface area contributed by atoms with Gasteiger partial charge in [-0.3, -0.25) is 4.79 Å². The van der Waals surface area contributed by atoms with Gasteiger partial charge in [0.15, 0.2) is 0 Å². The molecule has 0 aromatic rings. The van der Waals surface area contributed by atoms with Gasteiger partial charge in [-0.1, -0.05) is 13.8 Å². The molecule has 1 saturated carbocycles. The molecule has 106 valence electrons. The lowest BCUT2D eigenvalue weighted by atomic mass is 9.56. The first-order valence-electron chi connectivity index (χ1n) is 8.13. The van der Waals surface area contributed by atoms with Crippen molar-refractivity contribution in [2.75, 3.05) is 0 Å². The van der Waals surface area contributed by atoms with E-state index in [9.17, 15) is 4.79 Å². The lowest BCUT2D eigenvalue weighted by molar-refractivity contribution is -0.136. The highest BCUT2D eigenvalue weighted by molar-refractivity contribution is 5.86. The van der Waals surface area contributed by atoms with Crippen molar-refractivity contribution in [2.45, 2.75) is 77.7 Å². The monoisotopic (exact) mass is 262 g/mol. The Labute approximate surface area is 116 Å². The molecule has 2 nitrogen and oxygen atoms in total. The Balaban J connectivity index is 1.93. The minimum absolute atomic E-state index is 0.0283. The highest BCUT2D eigenvalue weighted by Crippen LogP contribution is 2.55. The summed E-state index contributed by atoms with van der Waals surface area (Å²) in [6.45, 7) is 4.42. The van der Waals surface area contributed by atoms with Gasteiger partial charge in [0.1, 0.15) is 5.78 Å². The fourth-order valence-corrected chi connectivity index (χ4v) is 4.63. The number of ketones is 1. The first-order chi connectivity index (χ1) is 9.21. The molecule has 0 aromatic heterocycles. The van der Waals surface area contributed by atoms with Crippen molar-refractivity contribution in [3.63, 3.8) is 0 Å². The summed E-state index contributed by atoms with van der Waals surface area (Å²) in [6, 6.07) is 0. The summed E-state index contributed by atoms with van der Waals surface area (Å²) >= 11 is 0.